The van der Waals surface area contributed by atoms with Crippen molar-refractivity contribution in [2.75, 3.05) is 0 Å². The molecule has 8 rings (SSSR count). The molecule has 0 amide bonds. The van der Waals surface area contributed by atoms with Crippen LogP contribution in [0.1, 0.15) is 11.1 Å². The first-order chi connectivity index (χ1) is 19.7. The molecule has 0 radical (unpaired) electrons. The molecule has 8 aromatic rings. The number of benzene rings is 8. The number of hydrogen-bond donors (Lipinski definition) is 0. The maximum atomic E-state index is 2.43. The molecule has 0 N–H and O–H groups in total. The molecule has 0 aromatic heterocycles. The monoisotopic (exact) mass is 508 g/mol. The molecule has 0 saturated carbocycles. The van der Waals surface area contributed by atoms with Crippen LogP contribution in [0.4, 0.5) is 0 Å². The second kappa shape index (κ2) is 8.79. The highest BCUT2D eigenvalue weighted by Gasteiger charge is 2.19. The molecule has 188 valence electrons. The van der Waals surface area contributed by atoms with E-state index in [1.54, 1.807) is 0 Å². The van der Waals surface area contributed by atoms with E-state index in [0.717, 1.165) is 0 Å². The normalized spacial score (nSPS) is 11.8. The molecule has 0 bridgehead atoms. The highest BCUT2D eigenvalue weighted by atomic mass is 14.2. The van der Waals surface area contributed by atoms with Gasteiger partial charge in [-0.1, -0.05) is 139 Å². The zero-order chi connectivity index (χ0) is 26.8. The predicted molar refractivity (Wildman–Crippen MR) is 173 cm³/mol. The zero-order valence-corrected chi connectivity index (χ0v) is 22.7. The molecule has 0 spiro atoms. The van der Waals surface area contributed by atoms with Crippen LogP contribution in [-0.2, 0) is 0 Å². The van der Waals surface area contributed by atoms with Crippen molar-refractivity contribution in [1.82, 2.24) is 0 Å². The topological polar surface area (TPSA) is 0 Å². The summed E-state index contributed by atoms with van der Waals surface area (Å²) in [4.78, 5) is 0. The van der Waals surface area contributed by atoms with Crippen molar-refractivity contribution in [2.45, 2.75) is 13.8 Å². The van der Waals surface area contributed by atoms with Crippen LogP contribution in [0.2, 0.25) is 0 Å². The van der Waals surface area contributed by atoms with E-state index >= 15 is 0 Å². The molecule has 0 nitrogen and oxygen atoms in total. The van der Waals surface area contributed by atoms with Crippen LogP contribution in [-0.4, -0.2) is 0 Å². The minimum atomic E-state index is 1.25. The number of fused-ring (bicyclic) bond motifs is 1. The van der Waals surface area contributed by atoms with E-state index in [2.05, 4.69) is 147 Å². The third kappa shape index (κ3) is 3.46. The first-order valence-electron chi connectivity index (χ1n) is 14.0. The highest BCUT2D eigenvalue weighted by molar-refractivity contribution is 6.30. The Labute approximate surface area is 234 Å². The molecule has 0 aliphatic rings. The molecule has 8 aromatic carbocycles. The Bertz CT molecular complexity index is 2190. The van der Waals surface area contributed by atoms with Crippen molar-refractivity contribution in [3.8, 4) is 33.4 Å². The van der Waals surface area contributed by atoms with Gasteiger partial charge >= 0.3 is 0 Å². The number of hydrogen-bond acceptors (Lipinski definition) is 0. The van der Waals surface area contributed by atoms with Gasteiger partial charge in [0.2, 0.25) is 0 Å². The molecule has 0 aliphatic carbocycles. The van der Waals surface area contributed by atoms with Gasteiger partial charge in [-0.05, 0) is 96.4 Å². The number of rotatable bonds is 3. The van der Waals surface area contributed by atoms with E-state index in [1.165, 1.54) is 87.6 Å². The van der Waals surface area contributed by atoms with Gasteiger partial charge in [0.25, 0.3) is 0 Å². The van der Waals surface area contributed by atoms with Gasteiger partial charge in [-0.2, -0.15) is 0 Å². The van der Waals surface area contributed by atoms with Crippen LogP contribution in [0.15, 0.2) is 133 Å². The summed E-state index contributed by atoms with van der Waals surface area (Å²) in [5.74, 6) is 0. The fourth-order valence-corrected chi connectivity index (χ4v) is 6.54. The lowest BCUT2D eigenvalue weighted by atomic mass is 9.83. The third-order valence-corrected chi connectivity index (χ3v) is 8.59. The van der Waals surface area contributed by atoms with E-state index in [0.29, 0.717) is 0 Å². The van der Waals surface area contributed by atoms with Crippen LogP contribution in [0.25, 0.3) is 76.5 Å². The van der Waals surface area contributed by atoms with E-state index in [1.807, 2.05) is 0 Å². The first-order valence-corrected chi connectivity index (χ1v) is 14.0. The van der Waals surface area contributed by atoms with Crippen LogP contribution in [0, 0.1) is 13.8 Å². The highest BCUT2D eigenvalue weighted by Crippen LogP contribution is 2.46. The standard InChI is InChI=1S/C40H28/c1-25-10-14-28(15-11-25)32-20-18-30-19-21-35-37(29-16-12-26(2)13-17-29)24-38(36-23-22-34(32)39(30)40(35)36)33-9-5-7-27-6-3-4-8-31(27)33/h3-24H,1-2H3. The summed E-state index contributed by atoms with van der Waals surface area (Å²) in [5, 5.41) is 10.5. The van der Waals surface area contributed by atoms with Crippen LogP contribution >= 0.6 is 0 Å². The minimum absolute atomic E-state index is 1.25. The molecule has 0 heterocycles. The molecular formula is C40H28. The lowest BCUT2D eigenvalue weighted by Gasteiger charge is -2.20. The third-order valence-electron chi connectivity index (χ3n) is 8.59. The van der Waals surface area contributed by atoms with Crippen molar-refractivity contribution in [2.24, 2.45) is 0 Å². The quantitative estimate of drug-likeness (QED) is 0.208. The molecule has 40 heavy (non-hydrogen) atoms. The molecule has 0 atom stereocenters. The predicted octanol–water partition coefficient (Wildman–Crippen LogP) is 11.4. The first kappa shape index (κ1) is 23.0. The van der Waals surface area contributed by atoms with Crippen LogP contribution < -0.4 is 0 Å². The average molecular weight is 509 g/mol. The summed E-state index contributed by atoms with van der Waals surface area (Å²) < 4.78 is 0. The summed E-state index contributed by atoms with van der Waals surface area (Å²) in [6, 6.07) is 49.7. The van der Waals surface area contributed by atoms with Crippen molar-refractivity contribution >= 4 is 43.1 Å². The van der Waals surface area contributed by atoms with Crippen LogP contribution in [0.3, 0.4) is 0 Å². The summed E-state index contributed by atoms with van der Waals surface area (Å²) >= 11 is 0. The van der Waals surface area contributed by atoms with Crippen molar-refractivity contribution in [3.05, 3.63) is 145 Å². The van der Waals surface area contributed by atoms with Crippen molar-refractivity contribution in [3.63, 3.8) is 0 Å². The Balaban J connectivity index is 1.54. The van der Waals surface area contributed by atoms with Gasteiger partial charge in [-0.3, -0.25) is 0 Å². The zero-order valence-electron chi connectivity index (χ0n) is 22.7. The Kier molecular flexibility index (Phi) is 5.06. The Hall–Kier alpha value is -4.94. The molecule has 0 unspecified atom stereocenters. The SMILES string of the molecule is Cc1ccc(-c2ccc3ccc4c(-c5ccc(C)cc5)cc(-c5cccc6ccccc56)c5ccc2c3c45)cc1. The lowest BCUT2D eigenvalue weighted by molar-refractivity contribution is 1.47. The van der Waals surface area contributed by atoms with Gasteiger partial charge in [-0.25, -0.2) is 0 Å². The number of aryl methyl sites for hydroxylation is 2. The summed E-state index contributed by atoms with van der Waals surface area (Å²) in [5.41, 5.74) is 10.2. The fourth-order valence-electron chi connectivity index (χ4n) is 6.54. The Morgan fingerprint density at radius 3 is 1.65 bits per heavy atom. The Morgan fingerprint density at radius 2 is 0.900 bits per heavy atom. The second-order valence-electron chi connectivity index (χ2n) is 11.1. The van der Waals surface area contributed by atoms with Gasteiger partial charge in [0.1, 0.15) is 0 Å². The van der Waals surface area contributed by atoms with Gasteiger partial charge in [0, 0.05) is 0 Å². The van der Waals surface area contributed by atoms with E-state index < -0.39 is 0 Å². The van der Waals surface area contributed by atoms with Gasteiger partial charge in [0.05, 0.1) is 0 Å². The smallest absolute Gasteiger partial charge is 0.00141 e. The molecule has 0 heteroatoms. The van der Waals surface area contributed by atoms with E-state index in [9.17, 15) is 0 Å². The van der Waals surface area contributed by atoms with Crippen molar-refractivity contribution in [1.29, 1.82) is 0 Å². The Morgan fingerprint density at radius 1 is 0.325 bits per heavy atom. The summed E-state index contributed by atoms with van der Waals surface area (Å²) in [6.45, 7) is 4.30. The minimum Gasteiger partial charge on any atom is -0.0616 e. The second-order valence-corrected chi connectivity index (χ2v) is 11.1. The fraction of sp³-hybridized carbons (Fsp3) is 0.0500. The van der Waals surface area contributed by atoms with Crippen LogP contribution in [0.5, 0.6) is 0 Å². The maximum Gasteiger partial charge on any atom is -0.00141 e. The molecule has 0 aliphatic heterocycles. The lowest BCUT2D eigenvalue weighted by Crippen LogP contribution is -1.93. The van der Waals surface area contributed by atoms with E-state index in [4.69, 9.17) is 0 Å². The summed E-state index contributed by atoms with van der Waals surface area (Å²) in [6.07, 6.45) is 0. The van der Waals surface area contributed by atoms with Crippen molar-refractivity contribution < 1.29 is 0 Å². The van der Waals surface area contributed by atoms with Gasteiger partial charge in [0.15, 0.2) is 0 Å². The van der Waals surface area contributed by atoms with Gasteiger partial charge < -0.3 is 0 Å². The van der Waals surface area contributed by atoms with Gasteiger partial charge in [-0.15, -0.1) is 0 Å². The molecule has 0 saturated heterocycles. The largest absolute Gasteiger partial charge is 0.0616 e. The molecule has 0 fully saturated rings. The molecular weight excluding hydrogens is 480 g/mol. The van der Waals surface area contributed by atoms with E-state index in [-0.39, 0.29) is 0 Å². The summed E-state index contributed by atoms with van der Waals surface area (Å²) in [7, 11) is 0. The maximum absolute atomic E-state index is 2.43. The average Bonchev–Trinajstić information content (AvgIpc) is 3.00.